The van der Waals surface area contributed by atoms with E-state index < -0.39 is 0 Å². The summed E-state index contributed by atoms with van der Waals surface area (Å²) in [5.41, 5.74) is 0. The molecule has 0 rings (SSSR count). The van der Waals surface area contributed by atoms with E-state index in [9.17, 15) is 4.79 Å². The molecule has 3 nitrogen and oxygen atoms in total. The fraction of sp³-hybridized carbons (Fsp3) is 0.857. The Morgan fingerprint density at radius 3 is 2.73 bits per heavy atom. The van der Waals surface area contributed by atoms with Gasteiger partial charge >= 0.3 is 0 Å². The third-order valence-electron chi connectivity index (χ3n) is 0.904. The van der Waals surface area contributed by atoms with Crippen molar-refractivity contribution < 1.29 is 9.53 Å². The number of nitrogens with one attached hydrogen (secondary N) is 1. The van der Waals surface area contributed by atoms with Gasteiger partial charge in [0, 0.05) is 10.5 Å². The minimum atomic E-state index is -0.0372. The second-order valence-electron chi connectivity index (χ2n) is 2.46. The highest BCUT2D eigenvalue weighted by Crippen LogP contribution is 1.83. The van der Waals surface area contributed by atoms with E-state index in [0.29, 0.717) is 6.61 Å². The maximum absolute atomic E-state index is 10.9. The van der Waals surface area contributed by atoms with Crippen LogP contribution in [0.2, 0.25) is 0 Å². The first kappa shape index (κ1) is 11.2. The summed E-state index contributed by atoms with van der Waals surface area (Å²) in [4.78, 5) is 10.9. The van der Waals surface area contributed by atoms with Gasteiger partial charge in [0.15, 0.2) is 0 Å². The van der Waals surface area contributed by atoms with E-state index in [1.807, 2.05) is 13.8 Å². The third-order valence-corrected chi connectivity index (χ3v) is 1.34. The first-order valence-electron chi connectivity index (χ1n) is 3.60. The summed E-state index contributed by atoms with van der Waals surface area (Å²) in [5, 5.41) is 2.74. The number of hydrogen-bond donors (Lipinski definition) is 1. The molecule has 0 saturated carbocycles. The third kappa shape index (κ3) is 8.06. The number of hydrogen-bond acceptors (Lipinski definition) is 2. The van der Waals surface area contributed by atoms with Gasteiger partial charge in [0.1, 0.15) is 6.61 Å². The van der Waals surface area contributed by atoms with E-state index in [4.69, 9.17) is 4.74 Å². The van der Waals surface area contributed by atoms with Crippen LogP contribution >= 0.6 is 22.6 Å². The van der Waals surface area contributed by atoms with Crippen LogP contribution in [0.25, 0.3) is 0 Å². The second kappa shape index (κ2) is 6.84. The largest absolute Gasteiger partial charge is 0.371 e. The van der Waals surface area contributed by atoms with Gasteiger partial charge in [-0.3, -0.25) is 4.79 Å². The number of rotatable bonds is 5. The maximum Gasteiger partial charge on any atom is 0.246 e. The normalized spacial score (nSPS) is 10.2. The molecule has 0 atom stereocenters. The zero-order chi connectivity index (χ0) is 8.69. The van der Waals surface area contributed by atoms with Crippen LogP contribution in [0.3, 0.4) is 0 Å². The summed E-state index contributed by atoms with van der Waals surface area (Å²) in [5.74, 6) is -0.0372. The van der Waals surface area contributed by atoms with Gasteiger partial charge in [-0.05, 0) is 13.8 Å². The van der Waals surface area contributed by atoms with Crippen LogP contribution in [0.4, 0.5) is 0 Å². The number of carbonyl (C=O) groups is 1. The van der Waals surface area contributed by atoms with Crippen molar-refractivity contribution in [2.24, 2.45) is 0 Å². The molecule has 4 heteroatoms. The molecule has 0 bridgehead atoms. The number of ether oxygens (including phenoxy) is 1. The first-order valence-corrected chi connectivity index (χ1v) is 5.12. The zero-order valence-corrected chi connectivity index (χ0v) is 9.05. The van der Waals surface area contributed by atoms with E-state index in [1.165, 1.54) is 0 Å². The van der Waals surface area contributed by atoms with Crippen LogP contribution in [0.5, 0.6) is 0 Å². The van der Waals surface area contributed by atoms with Gasteiger partial charge in [0.2, 0.25) is 5.91 Å². The molecule has 1 N–H and O–H groups in total. The lowest BCUT2D eigenvalue weighted by Crippen LogP contribution is -2.33. The average Bonchev–Trinajstić information content (AvgIpc) is 1.86. The van der Waals surface area contributed by atoms with Crippen molar-refractivity contribution in [2.75, 3.05) is 17.6 Å². The lowest BCUT2D eigenvalue weighted by atomic mass is 10.4. The highest BCUT2D eigenvalue weighted by atomic mass is 127. The standard InChI is InChI=1S/C7H14INO2/c1-6(2)9-7(10)5-11-4-3-8/h6H,3-5H2,1-2H3,(H,9,10). The molecule has 0 aliphatic heterocycles. The Balaban J connectivity index is 3.23. The van der Waals surface area contributed by atoms with Crippen LogP contribution in [0.1, 0.15) is 13.8 Å². The number of alkyl halides is 1. The Morgan fingerprint density at radius 2 is 2.27 bits per heavy atom. The van der Waals surface area contributed by atoms with E-state index in [2.05, 4.69) is 27.9 Å². The lowest BCUT2D eigenvalue weighted by Gasteiger charge is -2.07. The van der Waals surface area contributed by atoms with Crippen LogP contribution in [0.15, 0.2) is 0 Å². The molecule has 0 aliphatic rings. The number of halogens is 1. The Labute approximate surface area is 81.0 Å². The van der Waals surface area contributed by atoms with Crippen molar-refractivity contribution in [3.63, 3.8) is 0 Å². The summed E-state index contributed by atoms with van der Waals surface area (Å²) in [6, 6.07) is 0.200. The zero-order valence-electron chi connectivity index (χ0n) is 6.89. The second-order valence-corrected chi connectivity index (χ2v) is 3.54. The fourth-order valence-corrected chi connectivity index (χ4v) is 0.894. The molecule has 0 fully saturated rings. The molecule has 0 unspecified atom stereocenters. The van der Waals surface area contributed by atoms with Crippen molar-refractivity contribution >= 4 is 28.5 Å². The molecule has 66 valence electrons. The minimum Gasteiger partial charge on any atom is -0.371 e. The van der Waals surface area contributed by atoms with Gasteiger partial charge in [-0.1, -0.05) is 22.6 Å². The summed E-state index contributed by atoms with van der Waals surface area (Å²) < 4.78 is 5.95. The maximum atomic E-state index is 10.9. The summed E-state index contributed by atoms with van der Waals surface area (Å²) >= 11 is 2.20. The molecule has 0 radical (unpaired) electrons. The Hall–Kier alpha value is 0.160. The Morgan fingerprint density at radius 1 is 1.64 bits per heavy atom. The van der Waals surface area contributed by atoms with Gasteiger partial charge in [0.05, 0.1) is 6.61 Å². The highest BCUT2D eigenvalue weighted by molar-refractivity contribution is 14.1. The van der Waals surface area contributed by atoms with Crippen molar-refractivity contribution in [3.8, 4) is 0 Å². The molecule has 0 aliphatic carbocycles. The summed E-state index contributed by atoms with van der Waals surface area (Å²) in [6.45, 7) is 4.68. The highest BCUT2D eigenvalue weighted by Gasteiger charge is 2.01. The number of amides is 1. The van der Waals surface area contributed by atoms with Gasteiger partial charge < -0.3 is 10.1 Å². The number of carbonyl (C=O) groups excluding carboxylic acids is 1. The molecule has 0 saturated heterocycles. The van der Waals surface area contributed by atoms with Crippen molar-refractivity contribution in [2.45, 2.75) is 19.9 Å². The summed E-state index contributed by atoms with van der Waals surface area (Å²) in [6.07, 6.45) is 0. The van der Waals surface area contributed by atoms with E-state index in [1.54, 1.807) is 0 Å². The van der Waals surface area contributed by atoms with E-state index in [0.717, 1.165) is 4.43 Å². The molecule has 0 aromatic rings. The lowest BCUT2D eigenvalue weighted by molar-refractivity contribution is -0.125. The molecular formula is C7H14INO2. The van der Waals surface area contributed by atoms with Crippen LogP contribution in [-0.4, -0.2) is 29.6 Å². The van der Waals surface area contributed by atoms with Crippen molar-refractivity contribution in [3.05, 3.63) is 0 Å². The molecular weight excluding hydrogens is 257 g/mol. The van der Waals surface area contributed by atoms with Crippen LogP contribution < -0.4 is 5.32 Å². The van der Waals surface area contributed by atoms with Crippen LogP contribution in [-0.2, 0) is 9.53 Å². The SMILES string of the molecule is CC(C)NC(=O)COCCI. The fourth-order valence-electron chi connectivity index (χ4n) is 0.583. The predicted octanol–water partition coefficient (Wildman–Crippen LogP) is 0.963. The molecule has 0 spiro atoms. The topological polar surface area (TPSA) is 38.3 Å². The molecule has 11 heavy (non-hydrogen) atoms. The Bertz CT molecular complexity index is 117. The van der Waals surface area contributed by atoms with Gasteiger partial charge in [-0.25, -0.2) is 0 Å². The van der Waals surface area contributed by atoms with Crippen molar-refractivity contribution in [1.29, 1.82) is 0 Å². The summed E-state index contributed by atoms with van der Waals surface area (Å²) in [7, 11) is 0. The van der Waals surface area contributed by atoms with Gasteiger partial charge in [0.25, 0.3) is 0 Å². The molecule has 1 amide bonds. The minimum absolute atomic E-state index is 0.0372. The smallest absolute Gasteiger partial charge is 0.246 e. The molecule has 0 aromatic carbocycles. The van der Waals surface area contributed by atoms with Crippen LogP contribution in [0, 0.1) is 0 Å². The first-order chi connectivity index (χ1) is 5.16. The predicted molar refractivity (Wildman–Crippen MR) is 53.0 cm³/mol. The quantitative estimate of drug-likeness (QED) is 0.459. The average molecular weight is 271 g/mol. The Kier molecular flexibility index (Phi) is 6.94. The van der Waals surface area contributed by atoms with Gasteiger partial charge in [-0.2, -0.15) is 0 Å². The monoisotopic (exact) mass is 271 g/mol. The van der Waals surface area contributed by atoms with E-state index in [-0.39, 0.29) is 18.6 Å². The molecule has 0 heterocycles. The van der Waals surface area contributed by atoms with E-state index >= 15 is 0 Å². The van der Waals surface area contributed by atoms with Gasteiger partial charge in [-0.15, -0.1) is 0 Å². The molecule has 0 aromatic heterocycles. The van der Waals surface area contributed by atoms with Crippen molar-refractivity contribution in [1.82, 2.24) is 5.32 Å².